The fourth-order valence-electron chi connectivity index (χ4n) is 2.60. The van der Waals surface area contributed by atoms with Crippen molar-refractivity contribution in [1.82, 2.24) is 9.78 Å². The normalized spacial score (nSPS) is 10.7. The van der Waals surface area contributed by atoms with Gasteiger partial charge in [-0.15, -0.1) is 0 Å². The molecule has 0 aliphatic rings. The highest BCUT2D eigenvalue weighted by atomic mass is 16.6. The van der Waals surface area contributed by atoms with Crippen molar-refractivity contribution in [2.75, 3.05) is 5.73 Å². The van der Waals surface area contributed by atoms with E-state index in [0.717, 1.165) is 27.9 Å². The predicted molar refractivity (Wildman–Crippen MR) is 89.9 cm³/mol. The summed E-state index contributed by atoms with van der Waals surface area (Å²) in [4.78, 5) is 10.4. The average Bonchev–Trinajstić information content (AvgIpc) is 2.83. The number of nitro groups is 1. The van der Waals surface area contributed by atoms with E-state index in [2.05, 4.69) is 5.10 Å². The van der Waals surface area contributed by atoms with E-state index < -0.39 is 4.92 Å². The van der Waals surface area contributed by atoms with Gasteiger partial charge in [-0.3, -0.25) is 14.8 Å². The molecule has 0 unspecified atom stereocenters. The Hall–Kier alpha value is -3.15. The molecular formula is C17H16N4O2. The fourth-order valence-corrected chi connectivity index (χ4v) is 2.60. The Bertz CT molecular complexity index is 882. The molecule has 1 heterocycles. The van der Waals surface area contributed by atoms with Gasteiger partial charge in [0, 0.05) is 24.7 Å². The van der Waals surface area contributed by atoms with Crippen LogP contribution in [0.2, 0.25) is 0 Å². The third-order valence-electron chi connectivity index (χ3n) is 3.86. The molecule has 0 radical (unpaired) electrons. The molecule has 0 bridgehead atoms. The van der Waals surface area contributed by atoms with E-state index in [1.165, 1.54) is 12.1 Å². The Balaban J connectivity index is 2.20. The lowest BCUT2D eigenvalue weighted by Gasteiger charge is -2.06. The van der Waals surface area contributed by atoms with Gasteiger partial charge in [-0.2, -0.15) is 5.10 Å². The van der Waals surface area contributed by atoms with Gasteiger partial charge < -0.3 is 5.73 Å². The quantitative estimate of drug-likeness (QED) is 0.592. The van der Waals surface area contributed by atoms with Gasteiger partial charge in [0.05, 0.1) is 10.5 Å². The topological polar surface area (TPSA) is 87.0 Å². The van der Waals surface area contributed by atoms with Gasteiger partial charge in [0.15, 0.2) is 0 Å². The molecule has 0 aliphatic heterocycles. The molecule has 1 aromatic heterocycles. The first-order valence-corrected chi connectivity index (χ1v) is 7.12. The second-order valence-corrected chi connectivity index (χ2v) is 5.35. The van der Waals surface area contributed by atoms with Crippen molar-refractivity contribution in [3.8, 4) is 22.4 Å². The molecule has 0 saturated heterocycles. The molecular weight excluding hydrogens is 292 g/mol. The average molecular weight is 308 g/mol. The number of benzene rings is 2. The summed E-state index contributed by atoms with van der Waals surface area (Å²) in [5.41, 5.74) is 10.7. The number of anilines is 1. The lowest BCUT2D eigenvalue weighted by molar-refractivity contribution is -0.384. The smallest absolute Gasteiger partial charge is 0.269 e. The lowest BCUT2D eigenvalue weighted by atomic mass is 9.98. The molecule has 116 valence electrons. The molecule has 0 atom stereocenters. The number of nitrogen functional groups attached to an aromatic ring is 1. The number of rotatable bonds is 3. The fraction of sp³-hybridized carbons (Fsp3) is 0.118. The maximum Gasteiger partial charge on any atom is 0.269 e. The number of hydrogen-bond donors (Lipinski definition) is 1. The zero-order valence-corrected chi connectivity index (χ0v) is 12.9. The molecule has 2 aromatic carbocycles. The second kappa shape index (κ2) is 5.57. The summed E-state index contributed by atoms with van der Waals surface area (Å²) in [6.07, 6.45) is 0. The van der Waals surface area contributed by atoms with E-state index in [0.29, 0.717) is 5.82 Å². The molecule has 3 rings (SSSR count). The summed E-state index contributed by atoms with van der Waals surface area (Å²) < 4.78 is 1.62. The molecule has 0 amide bonds. The van der Waals surface area contributed by atoms with Crippen LogP contribution in [-0.4, -0.2) is 14.7 Å². The van der Waals surface area contributed by atoms with Gasteiger partial charge in [-0.05, 0) is 30.2 Å². The van der Waals surface area contributed by atoms with Gasteiger partial charge in [0.1, 0.15) is 11.5 Å². The van der Waals surface area contributed by atoms with Crippen LogP contribution in [0.3, 0.4) is 0 Å². The third kappa shape index (κ3) is 2.55. The van der Waals surface area contributed by atoms with Crippen molar-refractivity contribution in [2.45, 2.75) is 6.92 Å². The summed E-state index contributed by atoms with van der Waals surface area (Å²) in [6, 6.07) is 14.3. The van der Waals surface area contributed by atoms with Crippen LogP contribution >= 0.6 is 0 Å². The number of aromatic nitrogens is 2. The van der Waals surface area contributed by atoms with Crippen molar-refractivity contribution in [1.29, 1.82) is 0 Å². The highest BCUT2D eigenvalue weighted by Gasteiger charge is 2.19. The molecule has 0 saturated carbocycles. The standard InChI is InChI=1S/C17H16N4O2/c1-11-5-3-4-6-14(11)16-15(17(18)20(2)19-16)12-7-9-13(10-8-12)21(22)23/h3-10H,18H2,1-2H3. The van der Waals surface area contributed by atoms with E-state index in [1.54, 1.807) is 23.9 Å². The Morgan fingerprint density at radius 3 is 2.39 bits per heavy atom. The Kier molecular flexibility index (Phi) is 3.57. The SMILES string of the molecule is Cc1ccccc1-c1nn(C)c(N)c1-c1ccc([N+](=O)[O-])cc1. The Labute approximate surface area is 133 Å². The largest absolute Gasteiger partial charge is 0.383 e. The molecule has 6 nitrogen and oxygen atoms in total. The summed E-state index contributed by atoms with van der Waals surface area (Å²) >= 11 is 0. The number of hydrogen-bond acceptors (Lipinski definition) is 4. The molecule has 23 heavy (non-hydrogen) atoms. The van der Waals surface area contributed by atoms with Crippen molar-refractivity contribution >= 4 is 11.5 Å². The van der Waals surface area contributed by atoms with Crippen LogP contribution in [0.25, 0.3) is 22.4 Å². The molecule has 3 aromatic rings. The number of aryl methyl sites for hydroxylation is 2. The van der Waals surface area contributed by atoms with Crippen molar-refractivity contribution in [3.05, 3.63) is 64.2 Å². The Morgan fingerprint density at radius 1 is 1.13 bits per heavy atom. The maximum atomic E-state index is 10.8. The van der Waals surface area contributed by atoms with E-state index in [4.69, 9.17) is 5.73 Å². The monoisotopic (exact) mass is 308 g/mol. The van der Waals surface area contributed by atoms with E-state index in [-0.39, 0.29) is 5.69 Å². The minimum atomic E-state index is -0.418. The number of nitrogens with two attached hydrogens (primary N) is 1. The first-order chi connectivity index (χ1) is 11.0. The van der Waals surface area contributed by atoms with E-state index in [9.17, 15) is 10.1 Å². The van der Waals surface area contributed by atoms with Gasteiger partial charge in [0.25, 0.3) is 5.69 Å². The minimum absolute atomic E-state index is 0.0497. The first kappa shape index (κ1) is 14.8. The molecule has 2 N–H and O–H groups in total. The lowest BCUT2D eigenvalue weighted by Crippen LogP contribution is -1.98. The van der Waals surface area contributed by atoms with Crippen LogP contribution in [-0.2, 0) is 7.05 Å². The van der Waals surface area contributed by atoms with Crippen LogP contribution < -0.4 is 5.73 Å². The van der Waals surface area contributed by atoms with Gasteiger partial charge in [-0.25, -0.2) is 0 Å². The van der Waals surface area contributed by atoms with Gasteiger partial charge in [0.2, 0.25) is 0 Å². The molecule has 0 spiro atoms. The van der Waals surface area contributed by atoms with Crippen molar-refractivity contribution < 1.29 is 4.92 Å². The van der Waals surface area contributed by atoms with E-state index in [1.807, 2.05) is 31.2 Å². The van der Waals surface area contributed by atoms with Crippen LogP contribution in [0.15, 0.2) is 48.5 Å². The van der Waals surface area contributed by atoms with Gasteiger partial charge >= 0.3 is 0 Å². The minimum Gasteiger partial charge on any atom is -0.383 e. The molecule has 6 heteroatoms. The van der Waals surface area contributed by atoms with Crippen molar-refractivity contribution in [2.24, 2.45) is 7.05 Å². The summed E-state index contributed by atoms with van der Waals surface area (Å²) in [7, 11) is 1.78. The van der Waals surface area contributed by atoms with E-state index >= 15 is 0 Å². The highest BCUT2D eigenvalue weighted by Crippen LogP contribution is 2.37. The highest BCUT2D eigenvalue weighted by molar-refractivity contribution is 5.89. The zero-order chi connectivity index (χ0) is 16.6. The van der Waals surface area contributed by atoms with Crippen LogP contribution in [0, 0.1) is 17.0 Å². The van der Waals surface area contributed by atoms with Crippen LogP contribution in [0.4, 0.5) is 11.5 Å². The summed E-state index contributed by atoms with van der Waals surface area (Å²) in [6.45, 7) is 2.01. The zero-order valence-electron chi connectivity index (χ0n) is 12.9. The summed E-state index contributed by atoms with van der Waals surface area (Å²) in [5, 5.41) is 15.4. The first-order valence-electron chi connectivity index (χ1n) is 7.12. The van der Waals surface area contributed by atoms with Crippen LogP contribution in [0.1, 0.15) is 5.56 Å². The number of nitrogens with zero attached hydrogens (tertiary/aromatic N) is 3. The second-order valence-electron chi connectivity index (χ2n) is 5.35. The predicted octanol–water partition coefficient (Wildman–Crippen LogP) is 3.55. The molecule has 0 aliphatic carbocycles. The van der Waals surface area contributed by atoms with Crippen LogP contribution in [0.5, 0.6) is 0 Å². The Morgan fingerprint density at radius 2 is 1.78 bits per heavy atom. The van der Waals surface area contributed by atoms with Crippen molar-refractivity contribution in [3.63, 3.8) is 0 Å². The maximum absolute atomic E-state index is 10.8. The number of non-ortho nitro benzene ring substituents is 1. The van der Waals surface area contributed by atoms with Gasteiger partial charge in [-0.1, -0.05) is 24.3 Å². The third-order valence-corrected chi connectivity index (χ3v) is 3.86. The number of nitro benzene ring substituents is 1. The summed E-state index contributed by atoms with van der Waals surface area (Å²) in [5.74, 6) is 0.525. The molecule has 0 fully saturated rings.